The third-order valence-electron chi connectivity index (χ3n) is 3.08. The Balaban J connectivity index is 2.18. The number of nitrogens with zero attached hydrogens (tertiary/aromatic N) is 1. The first-order chi connectivity index (χ1) is 10.0. The molecule has 112 valence electrons. The van der Waals surface area contributed by atoms with Crippen molar-refractivity contribution in [3.05, 3.63) is 50.9 Å². The molecule has 0 bridgehead atoms. The minimum Gasteiger partial charge on any atom is -0.493 e. The summed E-state index contributed by atoms with van der Waals surface area (Å²) in [5.74, 6) is 1.34. The highest BCUT2D eigenvalue weighted by Crippen LogP contribution is 2.36. The highest BCUT2D eigenvalue weighted by molar-refractivity contribution is 9.10. The van der Waals surface area contributed by atoms with Crippen molar-refractivity contribution in [1.82, 2.24) is 4.57 Å². The molecule has 0 amide bonds. The van der Waals surface area contributed by atoms with Gasteiger partial charge in [-0.3, -0.25) is 4.79 Å². The van der Waals surface area contributed by atoms with Gasteiger partial charge in [-0.1, -0.05) is 0 Å². The smallest absolute Gasteiger partial charge is 0.250 e. The van der Waals surface area contributed by atoms with Crippen molar-refractivity contribution in [1.29, 1.82) is 0 Å². The maximum Gasteiger partial charge on any atom is 0.250 e. The number of pyridine rings is 1. The highest BCUT2D eigenvalue weighted by atomic mass is 79.9. The Morgan fingerprint density at radius 3 is 2.62 bits per heavy atom. The second-order valence-electron chi connectivity index (χ2n) is 4.53. The fourth-order valence-electron chi connectivity index (χ4n) is 1.98. The number of aryl methyl sites for hydroxylation is 1. The van der Waals surface area contributed by atoms with Crippen molar-refractivity contribution in [3.8, 4) is 11.5 Å². The summed E-state index contributed by atoms with van der Waals surface area (Å²) in [6.45, 7) is 0.608. The van der Waals surface area contributed by atoms with Crippen LogP contribution in [0.3, 0.4) is 0 Å². The predicted molar refractivity (Wildman–Crippen MR) is 86.3 cm³/mol. The molecule has 21 heavy (non-hydrogen) atoms. The van der Waals surface area contributed by atoms with Crippen molar-refractivity contribution >= 4 is 21.6 Å². The molecule has 0 saturated heterocycles. The molecule has 0 aliphatic rings. The average Bonchev–Trinajstić information content (AvgIpc) is 2.47. The Morgan fingerprint density at radius 1 is 1.24 bits per heavy atom. The number of halogens is 1. The lowest BCUT2D eigenvalue weighted by atomic mass is 10.2. The molecule has 0 aliphatic heterocycles. The summed E-state index contributed by atoms with van der Waals surface area (Å²) in [7, 11) is 4.93. The van der Waals surface area contributed by atoms with Gasteiger partial charge in [-0.05, 0) is 39.7 Å². The Bertz CT molecular complexity index is 698. The topological polar surface area (TPSA) is 52.5 Å². The van der Waals surface area contributed by atoms with Gasteiger partial charge in [-0.2, -0.15) is 0 Å². The number of rotatable bonds is 5. The van der Waals surface area contributed by atoms with Gasteiger partial charge in [0, 0.05) is 25.9 Å². The van der Waals surface area contributed by atoms with Crippen molar-refractivity contribution in [3.63, 3.8) is 0 Å². The standard InChI is InChI=1S/C15H17BrN2O3/c1-18-9-11(4-5-14(18)19)17-8-10-6-12(16)15(21-3)13(7-10)20-2/h4-7,9,17H,8H2,1-3H3. The van der Waals surface area contributed by atoms with Gasteiger partial charge in [0.2, 0.25) is 5.56 Å². The minimum absolute atomic E-state index is 0.0330. The predicted octanol–water partition coefficient (Wildman–Crippen LogP) is 2.78. The Labute approximate surface area is 131 Å². The van der Waals surface area contributed by atoms with E-state index in [0.29, 0.717) is 18.0 Å². The molecule has 0 spiro atoms. The van der Waals surface area contributed by atoms with Gasteiger partial charge in [0.25, 0.3) is 0 Å². The zero-order valence-electron chi connectivity index (χ0n) is 12.1. The number of anilines is 1. The van der Waals surface area contributed by atoms with Gasteiger partial charge in [0.15, 0.2) is 11.5 Å². The molecule has 0 fully saturated rings. The lowest BCUT2D eigenvalue weighted by Crippen LogP contribution is -2.15. The van der Waals surface area contributed by atoms with Crippen LogP contribution in [0.25, 0.3) is 0 Å². The molecule has 0 saturated carbocycles. The van der Waals surface area contributed by atoms with Gasteiger partial charge in [0.05, 0.1) is 24.4 Å². The van der Waals surface area contributed by atoms with Crippen molar-refractivity contribution < 1.29 is 9.47 Å². The summed E-state index contributed by atoms with van der Waals surface area (Å²) in [5, 5.41) is 3.27. The number of hydrogen-bond acceptors (Lipinski definition) is 4. The van der Waals surface area contributed by atoms with Gasteiger partial charge in [-0.25, -0.2) is 0 Å². The zero-order chi connectivity index (χ0) is 15.4. The zero-order valence-corrected chi connectivity index (χ0v) is 13.7. The normalized spacial score (nSPS) is 10.3. The largest absolute Gasteiger partial charge is 0.493 e. The fraction of sp³-hybridized carbons (Fsp3) is 0.267. The number of methoxy groups -OCH3 is 2. The maximum atomic E-state index is 11.3. The molecule has 6 heteroatoms. The minimum atomic E-state index is -0.0330. The SMILES string of the molecule is COc1cc(CNc2ccc(=O)n(C)c2)cc(Br)c1OC. The Hall–Kier alpha value is -1.95. The molecule has 2 rings (SSSR count). The number of ether oxygens (including phenoxy) is 2. The second-order valence-corrected chi connectivity index (χ2v) is 5.39. The summed E-state index contributed by atoms with van der Waals surface area (Å²) in [6, 6.07) is 7.18. The highest BCUT2D eigenvalue weighted by Gasteiger charge is 2.10. The quantitative estimate of drug-likeness (QED) is 0.898. The van der Waals surface area contributed by atoms with Crippen molar-refractivity contribution in [2.24, 2.45) is 7.05 Å². The van der Waals surface area contributed by atoms with Crippen LogP contribution in [0, 0.1) is 0 Å². The van der Waals surface area contributed by atoms with E-state index >= 15 is 0 Å². The van der Waals surface area contributed by atoms with E-state index in [-0.39, 0.29) is 5.56 Å². The molecule has 0 aliphatic carbocycles. The molecule has 0 radical (unpaired) electrons. The molecular weight excluding hydrogens is 336 g/mol. The van der Waals surface area contributed by atoms with E-state index in [9.17, 15) is 4.79 Å². The Morgan fingerprint density at radius 2 is 2.00 bits per heavy atom. The third-order valence-corrected chi connectivity index (χ3v) is 3.66. The van der Waals surface area contributed by atoms with Gasteiger partial charge < -0.3 is 19.4 Å². The second kappa shape index (κ2) is 6.67. The summed E-state index contributed by atoms with van der Waals surface area (Å²) in [4.78, 5) is 11.3. The third kappa shape index (κ3) is 3.58. The van der Waals surface area contributed by atoms with Crippen LogP contribution in [0.1, 0.15) is 5.56 Å². The van der Waals surface area contributed by atoms with E-state index in [4.69, 9.17) is 9.47 Å². The molecule has 0 atom stereocenters. The first kappa shape index (κ1) is 15.4. The van der Waals surface area contributed by atoms with Crippen LogP contribution in [0.2, 0.25) is 0 Å². The first-order valence-corrected chi connectivity index (χ1v) is 7.15. The molecular formula is C15H17BrN2O3. The number of hydrogen-bond donors (Lipinski definition) is 1. The van der Waals surface area contributed by atoms with Crippen LogP contribution in [0.4, 0.5) is 5.69 Å². The monoisotopic (exact) mass is 352 g/mol. The van der Waals surface area contributed by atoms with Gasteiger partial charge in [-0.15, -0.1) is 0 Å². The van der Waals surface area contributed by atoms with E-state index < -0.39 is 0 Å². The first-order valence-electron chi connectivity index (χ1n) is 6.36. The lowest BCUT2D eigenvalue weighted by molar-refractivity contribution is 0.352. The van der Waals surface area contributed by atoms with Crippen LogP contribution in [0.5, 0.6) is 11.5 Å². The van der Waals surface area contributed by atoms with Crippen molar-refractivity contribution in [2.75, 3.05) is 19.5 Å². The molecule has 1 aromatic carbocycles. The molecule has 2 aromatic rings. The number of aromatic nitrogens is 1. The van der Waals surface area contributed by atoms with Crippen LogP contribution >= 0.6 is 15.9 Å². The lowest BCUT2D eigenvalue weighted by Gasteiger charge is -2.13. The summed E-state index contributed by atoms with van der Waals surface area (Å²) < 4.78 is 13.0. The summed E-state index contributed by atoms with van der Waals surface area (Å²) in [6.07, 6.45) is 1.76. The van der Waals surface area contributed by atoms with Crippen molar-refractivity contribution in [2.45, 2.75) is 6.54 Å². The molecule has 1 aromatic heterocycles. The summed E-state index contributed by atoms with van der Waals surface area (Å²) in [5.41, 5.74) is 1.88. The van der Waals surface area contributed by atoms with E-state index in [2.05, 4.69) is 21.2 Å². The maximum absolute atomic E-state index is 11.3. The number of benzene rings is 1. The molecule has 1 heterocycles. The average molecular weight is 353 g/mol. The van der Waals surface area contributed by atoms with E-state index in [0.717, 1.165) is 15.7 Å². The summed E-state index contributed by atoms with van der Waals surface area (Å²) >= 11 is 3.47. The molecule has 1 N–H and O–H groups in total. The molecule has 5 nitrogen and oxygen atoms in total. The van der Waals surface area contributed by atoms with Crippen LogP contribution < -0.4 is 20.3 Å². The van der Waals surface area contributed by atoms with Crippen LogP contribution in [-0.2, 0) is 13.6 Å². The van der Waals surface area contributed by atoms with E-state index in [1.54, 1.807) is 33.5 Å². The van der Waals surface area contributed by atoms with Gasteiger partial charge >= 0.3 is 0 Å². The van der Waals surface area contributed by atoms with E-state index in [1.807, 2.05) is 12.1 Å². The Kier molecular flexibility index (Phi) is 4.90. The number of nitrogens with one attached hydrogen (secondary N) is 1. The van der Waals surface area contributed by atoms with E-state index in [1.165, 1.54) is 10.6 Å². The van der Waals surface area contributed by atoms with Crippen LogP contribution in [-0.4, -0.2) is 18.8 Å². The fourth-order valence-corrected chi connectivity index (χ4v) is 2.63. The van der Waals surface area contributed by atoms with Gasteiger partial charge in [0.1, 0.15) is 0 Å². The van der Waals surface area contributed by atoms with Crippen LogP contribution in [0.15, 0.2) is 39.7 Å². The molecule has 0 unspecified atom stereocenters.